The van der Waals surface area contributed by atoms with Crippen LogP contribution < -0.4 is 5.32 Å². The Labute approximate surface area is 344 Å². The van der Waals surface area contributed by atoms with E-state index in [4.69, 9.17) is 9.47 Å². The quantitative estimate of drug-likeness (QED) is 0.0317. The standard InChI is InChI=1S/C47H88N2O7/c1-3-5-7-9-11-13-15-17-19-21-23-25-27-29-31-35-46(53)55-43-44(42-48-45(52)34-33-37-49(38-40-50)39-41-51)56-47(54)36-32-30-28-26-24-22-20-18-16-14-12-10-8-6-4-2/h17-20,44,50-51H,3-16,21-43H2,1-2H3,(H,48,52). The average Bonchev–Trinajstić information content (AvgIpc) is 3.19. The summed E-state index contributed by atoms with van der Waals surface area (Å²) >= 11 is 0. The van der Waals surface area contributed by atoms with Crippen LogP contribution in [0.25, 0.3) is 0 Å². The fourth-order valence-corrected chi connectivity index (χ4v) is 6.72. The number of allylic oxidation sites excluding steroid dienone is 4. The van der Waals surface area contributed by atoms with Crippen LogP contribution in [0.4, 0.5) is 0 Å². The zero-order chi connectivity index (χ0) is 41.0. The third-order valence-electron chi connectivity index (χ3n) is 10.3. The number of ether oxygens (including phenoxy) is 2. The van der Waals surface area contributed by atoms with Crippen molar-refractivity contribution in [1.82, 2.24) is 10.2 Å². The predicted molar refractivity (Wildman–Crippen MR) is 233 cm³/mol. The third-order valence-corrected chi connectivity index (χ3v) is 10.3. The van der Waals surface area contributed by atoms with Gasteiger partial charge < -0.3 is 25.0 Å². The molecule has 0 heterocycles. The highest BCUT2D eigenvalue weighted by Crippen LogP contribution is 2.13. The number of nitrogens with one attached hydrogen (secondary N) is 1. The molecule has 328 valence electrons. The van der Waals surface area contributed by atoms with Crippen molar-refractivity contribution < 1.29 is 34.1 Å². The highest BCUT2D eigenvalue weighted by molar-refractivity contribution is 5.76. The molecule has 0 aromatic carbocycles. The van der Waals surface area contributed by atoms with Gasteiger partial charge in [0.25, 0.3) is 0 Å². The van der Waals surface area contributed by atoms with Crippen molar-refractivity contribution in [3.8, 4) is 0 Å². The molecule has 0 aliphatic heterocycles. The van der Waals surface area contributed by atoms with Crippen molar-refractivity contribution in [3.05, 3.63) is 24.3 Å². The van der Waals surface area contributed by atoms with Gasteiger partial charge in [0.1, 0.15) is 6.61 Å². The SMILES string of the molecule is CCCCCCCCC=CCCCCCCCC(=O)OCC(CNC(=O)CCCN(CCO)CCO)OC(=O)CCCCCCCC=CCCCCCCCC. The zero-order valence-corrected chi connectivity index (χ0v) is 36.4. The first kappa shape index (κ1) is 53.8. The lowest BCUT2D eigenvalue weighted by molar-refractivity contribution is -0.159. The van der Waals surface area contributed by atoms with Crippen LogP contribution in [0, 0.1) is 0 Å². The van der Waals surface area contributed by atoms with Gasteiger partial charge in [0.05, 0.1) is 19.8 Å². The number of amides is 1. The molecule has 0 aromatic heterocycles. The van der Waals surface area contributed by atoms with Gasteiger partial charge in [0, 0.05) is 32.4 Å². The van der Waals surface area contributed by atoms with Crippen LogP contribution in [-0.2, 0) is 23.9 Å². The van der Waals surface area contributed by atoms with Gasteiger partial charge in [-0.05, 0) is 77.2 Å². The Morgan fingerprint density at radius 1 is 0.518 bits per heavy atom. The molecule has 1 unspecified atom stereocenters. The molecule has 0 aromatic rings. The smallest absolute Gasteiger partial charge is 0.306 e. The molecule has 0 fully saturated rings. The second-order valence-corrected chi connectivity index (χ2v) is 15.7. The van der Waals surface area contributed by atoms with Crippen LogP contribution >= 0.6 is 0 Å². The molecule has 9 nitrogen and oxygen atoms in total. The summed E-state index contributed by atoms with van der Waals surface area (Å²) in [6.07, 6.45) is 41.0. The molecule has 1 amide bonds. The van der Waals surface area contributed by atoms with Crippen molar-refractivity contribution in [2.75, 3.05) is 46.0 Å². The third kappa shape index (κ3) is 40.0. The van der Waals surface area contributed by atoms with Gasteiger partial charge in [-0.15, -0.1) is 0 Å². The summed E-state index contributed by atoms with van der Waals surface area (Å²) in [5, 5.41) is 21.3. The summed E-state index contributed by atoms with van der Waals surface area (Å²) < 4.78 is 11.2. The summed E-state index contributed by atoms with van der Waals surface area (Å²) in [7, 11) is 0. The molecule has 0 spiro atoms. The molecular formula is C47H88N2O7. The topological polar surface area (TPSA) is 125 Å². The van der Waals surface area contributed by atoms with E-state index in [1.807, 2.05) is 4.90 Å². The molecule has 0 saturated heterocycles. The molecule has 0 aliphatic carbocycles. The van der Waals surface area contributed by atoms with Crippen molar-refractivity contribution in [3.63, 3.8) is 0 Å². The van der Waals surface area contributed by atoms with Gasteiger partial charge in [-0.1, -0.05) is 141 Å². The maximum atomic E-state index is 12.7. The van der Waals surface area contributed by atoms with Gasteiger partial charge in [-0.2, -0.15) is 0 Å². The van der Waals surface area contributed by atoms with E-state index in [1.54, 1.807) is 0 Å². The van der Waals surface area contributed by atoms with Crippen LogP contribution in [0.3, 0.4) is 0 Å². The lowest BCUT2D eigenvalue weighted by atomic mass is 10.1. The predicted octanol–water partition coefficient (Wildman–Crippen LogP) is 10.7. The number of nitrogens with zero attached hydrogens (tertiary/aromatic N) is 1. The minimum absolute atomic E-state index is 0.00772. The van der Waals surface area contributed by atoms with E-state index >= 15 is 0 Å². The largest absolute Gasteiger partial charge is 0.462 e. The lowest BCUT2D eigenvalue weighted by Gasteiger charge is -2.20. The molecule has 3 N–H and O–H groups in total. The van der Waals surface area contributed by atoms with Crippen LogP contribution in [0.15, 0.2) is 24.3 Å². The van der Waals surface area contributed by atoms with Gasteiger partial charge in [0.15, 0.2) is 6.10 Å². The average molecular weight is 793 g/mol. The highest BCUT2D eigenvalue weighted by atomic mass is 16.6. The van der Waals surface area contributed by atoms with Gasteiger partial charge in [-0.25, -0.2) is 0 Å². The van der Waals surface area contributed by atoms with E-state index in [0.29, 0.717) is 38.9 Å². The number of aliphatic hydroxyl groups excluding tert-OH is 2. The summed E-state index contributed by atoms with van der Waals surface area (Å²) in [6, 6.07) is 0. The minimum Gasteiger partial charge on any atom is -0.462 e. The maximum Gasteiger partial charge on any atom is 0.306 e. The zero-order valence-electron chi connectivity index (χ0n) is 36.4. The fraction of sp³-hybridized carbons (Fsp3) is 0.851. The number of esters is 2. The fourth-order valence-electron chi connectivity index (χ4n) is 6.72. The number of carbonyl (C=O) groups is 3. The minimum atomic E-state index is -0.743. The molecule has 0 rings (SSSR count). The van der Waals surface area contributed by atoms with Gasteiger partial charge >= 0.3 is 11.9 Å². The van der Waals surface area contributed by atoms with E-state index in [-0.39, 0.29) is 50.6 Å². The summed E-state index contributed by atoms with van der Waals surface area (Å²) in [6.45, 7) is 5.96. The first-order chi connectivity index (χ1) is 27.5. The van der Waals surface area contributed by atoms with E-state index in [2.05, 4.69) is 43.5 Å². The monoisotopic (exact) mass is 793 g/mol. The molecule has 1 atom stereocenters. The second kappa shape index (κ2) is 43.9. The van der Waals surface area contributed by atoms with E-state index in [1.165, 1.54) is 103 Å². The highest BCUT2D eigenvalue weighted by Gasteiger charge is 2.18. The molecule has 0 bridgehead atoms. The molecule has 0 saturated carbocycles. The van der Waals surface area contributed by atoms with E-state index < -0.39 is 6.10 Å². The molecule has 0 radical (unpaired) electrons. The number of carbonyl (C=O) groups excluding carboxylic acids is 3. The number of aliphatic hydroxyl groups is 2. The van der Waals surface area contributed by atoms with Crippen molar-refractivity contribution in [2.45, 2.75) is 213 Å². The Hall–Kier alpha value is -2.23. The van der Waals surface area contributed by atoms with Crippen molar-refractivity contribution in [2.24, 2.45) is 0 Å². The Balaban J connectivity index is 4.41. The summed E-state index contributed by atoms with van der Waals surface area (Å²) in [4.78, 5) is 39.8. The molecule has 9 heteroatoms. The van der Waals surface area contributed by atoms with Gasteiger partial charge in [0.2, 0.25) is 5.91 Å². The van der Waals surface area contributed by atoms with Crippen molar-refractivity contribution >= 4 is 17.8 Å². The van der Waals surface area contributed by atoms with Crippen molar-refractivity contribution in [1.29, 1.82) is 0 Å². The number of hydrogen-bond donors (Lipinski definition) is 3. The first-order valence-electron chi connectivity index (χ1n) is 23.3. The Morgan fingerprint density at radius 3 is 1.38 bits per heavy atom. The van der Waals surface area contributed by atoms with Crippen LogP contribution in [-0.4, -0.2) is 85.1 Å². The number of rotatable bonds is 43. The number of hydrogen-bond acceptors (Lipinski definition) is 8. The normalized spacial score (nSPS) is 12.2. The molecule has 0 aliphatic rings. The van der Waals surface area contributed by atoms with E-state index in [0.717, 1.165) is 64.2 Å². The van der Waals surface area contributed by atoms with E-state index in [9.17, 15) is 24.6 Å². The van der Waals surface area contributed by atoms with Gasteiger partial charge in [-0.3, -0.25) is 19.3 Å². The number of unbranched alkanes of at least 4 members (excludes halogenated alkanes) is 22. The molecule has 56 heavy (non-hydrogen) atoms. The van der Waals surface area contributed by atoms with Crippen LogP contribution in [0.5, 0.6) is 0 Å². The second-order valence-electron chi connectivity index (χ2n) is 15.7. The summed E-state index contributed by atoms with van der Waals surface area (Å²) in [5.74, 6) is -0.824. The summed E-state index contributed by atoms with van der Waals surface area (Å²) in [5.41, 5.74) is 0. The molecular weight excluding hydrogens is 705 g/mol. The Morgan fingerprint density at radius 2 is 0.929 bits per heavy atom. The Bertz CT molecular complexity index is 935. The Kier molecular flexibility index (Phi) is 42.1. The lowest BCUT2D eigenvalue weighted by Crippen LogP contribution is -2.38. The van der Waals surface area contributed by atoms with Crippen LogP contribution in [0.1, 0.15) is 206 Å². The van der Waals surface area contributed by atoms with Crippen LogP contribution in [0.2, 0.25) is 0 Å². The maximum absolute atomic E-state index is 12.7. The first-order valence-corrected chi connectivity index (χ1v) is 23.3.